The first-order valence-corrected chi connectivity index (χ1v) is 16.7. The number of carbonyl (C=O) groups is 4. The van der Waals surface area contributed by atoms with Crippen molar-refractivity contribution in [3.05, 3.63) is 119 Å². The van der Waals surface area contributed by atoms with Gasteiger partial charge in [0, 0.05) is 24.5 Å². The lowest BCUT2D eigenvalue weighted by atomic mass is 10.1. The molecule has 2 heterocycles. The molecule has 0 aliphatic carbocycles. The normalized spacial score (nSPS) is 17.1. The SMILES string of the molecule is COc1ccccc1C(=O)N1CCC[C@H]1C(=O)Nc1ccc(/C=C/c2ccc(NC(=O)[C@@H]3CCCN3C(=O)c3ccccc3OC)cc2)cc1. The second kappa shape index (κ2) is 15.5. The smallest absolute Gasteiger partial charge is 0.258 e. The Morgan fingerprint density at radius 1 is 0.580 bits per heavy atom. The molecule has 2 aliphatic heterocycles. The number of hydrogen-bond acceptors (Lipinski definition) is 6. The number of nitrogens with one attached hydrogen (secondary N) is 2. The van der Waals surface area contributed by atoms with E-state index in [-0.39, 0.29) is 23.6 Å². The maximum Gasteiger partial charge on any atom is 0.258 e. The van der Waals surface area contributed by atoms with Gasteiger partial charge in [0.05, 0.1) is 25.3 Å². The van der Waals surface area contributed by atoms with Crippen LogP contribution in [0.2, 0.25) is 0 Å². The van der Waals surface area contributed by atoms with Gasteiger partial charge in [0.1, 0.15) is 23.6 Å². The van der Waals surface area contributed by atoms with E-state index in [1.165, 1.54) is 14.2 Å². The predicted molar refractivity (Wildman–Crippen MR) is 193 cm³/mol. The van der Waals surface area contributed by atoms with Crippen molar-refractivity contribution in [3.8, 4) is 11.5 Å². The summed E-state index contributed by atoms with van der Waals surface area (Å²) < 4.78 is 10.7. The summed E-state index contributed by atoms with van der Waals surface area (Å²) in [6.07, 6.45) is 6.62. The van der Waals surface area contributed by atoms with Crippen LogP contribution in [0, 0.1) is 0 Å². The number of hydrogen-bond donors (Lipinski definition) is 2. The molecule has 4 aromatic rings. The quantitative estimate of drug-likeness (QED) is 0.190. The summed E-state index contributed by atoms with van der Waals surface area (Å²) in [6.45, 7) is 1.02. The number of carbonyl (C=O) groups excluding carboxylic acids is 4. The minimum Gasteiger partial charge on any atom is -0.496 e. The molecule has 10 heteroatoms. The molecule has 256 valence electrons. The highest BCUT2D eigenvalue weighted by molar-refractivity contribution is 6.04. The lowest BCUT2D eigenvalue weighted by Gasteiger charge is -2.24. The number of amides is 4. The van der Waals surface area contributed by atoms with E-state index in [1.807, 2.05) is 72.8 Å². The van der Waals surface area contributed by atoms with Crippen molar-refractivity contribution in [1.29, 1.82) is 0 Å². The highest BCUT2D eigenvalue weighted by Crippen LogP contribution is 2.28. The van der Waals surface area contributed by atoms with Crippen molar-refractivity contribution in [2.24, 2.45) is 0 Å². The molecule has 2 atom stereocenters. The highest BCUT2D eigenvalue weighted by Gasteiger charge is 2.36. The van der Waals surface area contributed by atoms with Crippen LogP contribution in [-0.4, -0.2) is 72.8 Å². The van der Waals surface area contributed by atoms with Gasteiger partial charge in [-0.15, -0.1) is 0 Å². The second-order valence-electron chi connectivity index (χ2n) is 12.3. The molecule has 2 aliphatic rings. The topological polar surface area (TPSA) is 117 Å². The first-order chi connectivity index (χ1) is 24.4. The fraction of sp³-hybridized carbons (Fsp3) is 0.250. The number of rotatable bonds is 10. The number of ether oxygens (including phenoxy) is 2. The second-order valence-corrected chi connectivity index (χ2v) is 12.3. The standard InChI is InChI=1S/C40H40N4O6/c1-49-35-13-5-3-9-31(35)39(47)43-25-7-11-33(43)37(45)41-29-21-17-27(18-22-29)15-16-28-19-23-30(24-20-28)42-38(46)34-12-8-26-44(34)40(48)32-10-4-6-14-36(32)50-2/h3-6,9-10,13-24,33-34H,7-8,11-12,25-26H2,1-2H3,(H,41,45)(H,42,46)/b16-15+/t33-,34-/m0/s1. The van der Waals surface area contributed by atoms with Crippen LogP contribution in [0.1, 0.15) is 57.5 Å². The monoisotopic (exact) mass is 672 g/mol. The first-order valence-electron chi connectivity index (χ1n) is 16.7. The molecule has 4 amide bonds. The summed E-state index contributed by atoms with van der Waals surface area (Å²) in [5, 5.41) is 5.93. The molecular formula is C40H40N4O6. The summed E-state index contributed by atoms with van der Waals surface area (Å²) >= 11 is 0. The van der Waals surface area contributed by atoms with Gasteiger partial charge in [0.15, 0.2) is 0 Å². The summed E-state index contributed by atoms with van der Waals surface area (Å²) in [6, 6.07) is 28.0. The summed E-state index contributed by atoms with van der Waals surface area (Å²) in [7, 11) is 3.05. The van der Waals surface area contributed by atoms with Gasteiger partial charge in [-0.2, -0.15) is 0 Å². The lowest BCUT2D eigenvalue weighted by Crippen LogP contribution is -2.43. The Bertz CT molecular complexity index is 1750. The van der Waals surface area contributed by atoms with E-state index in [0.717, 1.165) is 24.0 Å². The summed E-state index contributed by atoms with van der Waals surface area (Å²) in [5.74, 6) is 0.110. The third kappa shape index (κ3) is 7.54. The van der Waals surface area contributed by atoms with Gasteiger partial charge in [-0.05, 0) is 85.3 Å². The van der Waals surface area contributed by atoms with E-state index in [2.05, 4.69) is 10.6 Å². The zero-order chi connectivity index (χ0) is 35.0. The number of likely N-dealkylation sites (tertiary alicyclic amines) is 2. The fourth-order valence-corrected chi connectivity index (χ4v) is 6.52. The van der Waals surface area contributed by atoms with Crippen molar-refractivity contribution < 1.29 is 28.7 Å². The molecule has 4 aromatic carbocycles. The molecule has 6 rings (SSSR count). The largest absolute Gasteiger partial charge is 0.496 e. The Balaban J connectivity index is 1.02. The number of benzene rings is 4. The average Bonchev–Trinajstić information content (AvgIpc) is 3.86. The van der Waals surface area contributed by atoms with Crippen molar-refractivity contribution in [1.82, 2.24) is 9.80 Å². The van der Waals surface area contributed by atoms with Crippen LogP contribution >= 0.6 is 0 Å². The van der Waals surface area contributed by atoms with Gasteiger partial charge in [-0.25, -0.2) is 0 Å². The summed E-state index contributed by atoms with van der Waals surface area (Å²) in [5.41, 5.74) is 4.06. The van der Waals surface area contributed by atoms with E-state index < -0.39 is 12.1 Å². The van der Waals surface area contributed by atoms with Crippen LogP contribution in [0.3, 0.4) is 0 Å². The third-order valence-corrected chi connectivity index (χ3v) is 9.13. The Hall–Kier alpha value is -5.90. The Kier molecular flexibility index (Phi) is 10.6. The van der Waals surface area contributed by atoms with Crippen molar-refractivity contribution in [2.45, 2.75) is 37.8 Å². The molecule has 2 saturated heterocycles. The van der Waals surface area contributed by atoms with Crippen molar-refractivity contribution in [2.75, 3.05) is 37.9 Å². The van der Waals surface area contributed by atoms with E-state index in [1.54, 1.807) is 46.2 Å². The van der Waals surface area contributed by atoms with Gasteiger partial charge >= 0.3 is 0 Å². The fourth-order valence-electron chi connectivity index (χ4n) is 6.52. The Morgan fingerprint density at radius 3 is 1.34 bits per heavy atom. The molecule has 0 radical (unpaired) electrons. The van der Waals surface area contributed by atoms with E-state index >= 15 is 0 Å². The molecular weight excluding hydrogens is 632 g/mol. The molecule has 0 unspecified atom stereocenters. The number of para-hydroxylation sites is 2. The molecule has 0 aromatic heterocycles. The zero-order valence-electron chi connectivity index (χ0n) is 28.1. The molecule has 50 heavy (non-hydrogen) atoms. The van der Waals surface area contributed by atoms with Crippen molar-refractivity contribution >= 4 is 47.2 Å². The van der Waals surface area contributed by atoms with Crippen molar-refractivity contribution in [3.63, 3.8) is 0 Å². The molecule has 10 nitrogen and oxygen atoms in total. The highest BCUT2D eigenvalue weighted by atomic mass is 16.5. The summed E-state index contributed by atoms with van der Waals surface area (Å²) in [4.78, 5) is 56.2. The van der Waals surface area contributed by atoms with Gasteiger partial charge < -0.3 is 29.9 Å². The minimum atomic E-state index is -0.558. The molecule has 2 N–H and O–H groups in total. The van der Waals surface area contributed by atoms with Gasteiger partial charge in [0.2, 0.25) is 11.8 Å². The van der Waals surface area contributed by atoms with E-state index in [9.17, 15) is 19.2 Å². The van der Waals surface area contributed by atoms with E-state index in [4.69, 9.17) is 9.47 Å². The maximum absolute atomic E-state index is 13.3. The van der Waals surface area contributed by atoms with Crippen LogP contribution < -0.4 is 20.1 Å². The molecule has 0 spiro atoms. The number of methoxy groups -OCH3 is 2. The van der Waals surface area contributed by atoms with Gasteiger partial charge in [0.25, 0.3) is 11.8 Å². The van der Waals surface area contributed by atoms with Crippen LogP contribution in [0.4, 0.5) is 11.4 Å². The molecule has 0 bridgehead atoms. The third-order valence-electron chi connectivity index (χ3n) is 9.13. The maximum atomic E-state index is 13.3. The van der Waals surface area contributed by atoms with E-state index in [0.29, 0.717) is 59.9 Å². The Morgan fingerprint density at radius 2 is 0.960 bits per heavy atom. The van der Waals surface area contributed by atoms with Crippen LogP contribution in [0.5, 0.6) is 11.5 Å². The zero-order valence-corrected chi connectivity index (χ0v) is 28.1. The molecule has 2 fully saturated rings. The van der Waals surface area contributed by atoms with Gasteiger partial charge in [-0.3, -0.25) is 19.2 Å². The van der Waals surface area contributed by atoms with Crippen LogP contribution in [-0.2, 0) is 9.59 Å². The molecule has 0 saturated carbocycles. The number of nitrogens with zero attached hydrogens (tertiary/aromatic N) is 2. The van der Waals surface area contributed by atoms with Crippen LogP contribution in [0.15, 0.2) is 97.1 Å². The van der Waals surface area contributed by atoms with Gasteiger partial charge in [-0.1, -0.05) is 60.7 Å². The average molecular weight is 673 g/mol. The Labute approximate surface area is 291 Å². The lowest BCUT2D eigenvalue weighted by molar-refractivity contribution is -0.120. The predicted octanol–water partition coefficient (Wildman–Crippen LogP) is 6.36. The minimum absolute atomic E-state index is 0.215. The van der Waals surface area contributed by atoms with Crippen LogP contribution in [0.25, 0.3) is 12.2 Å². The first kappa shape index (κ1) is 34.0. The number of anilines is 2.